The first-order valence-electron chi connectivity index (χ1n) is 15.2. The number of nitrogens with two attached hydrogens (primary N) is 1. The molecule has 0 saturated carbocycles. The standard InChI is InChI=1S/C32H37N6O9P/c1-6-43-30(40)20(4)37-48(42,47-24-13-9-11-21-10-7-8-12-22(21)24)44-16-25-27(45-29(39)19(2)3)31(5,41)32(17-33,46-25)26-15-14-23-28(34)35-18-36-38(23)26/h7-15,18-20,25,27,41H,6,16H2,1-5H3,(H,37,42)(H2,34,35,36)/t20-,25+,27+,31+,32-,48?/m0/s1. The topological polar surface area (TPSA) is 210 Å². The highest BCUT2D eigenvalue weighted by Gasteiger charge is 2.67. The zero-order chi connectivity index (χ0) is 34.9. The number of rotatable bonds is 12. The zero-order valence-corrected chi connectivity index (χ0v) is 27.9. The van der Waals surface area contributed by atoms with Crippen molar-refractivity contribution in [2.24, 2.45) is 5.92 Å². The number of benzene rings is 2. The fourth-order valence-electron chi connectivity index (χ4n) is 5.50. The van der Waals surface area contributed by atoms with Crippen LogP contribution < -0.4 is 15.3 Å². The van der Waals surface area contributed by atoms with Gasteiger partial charge in [0.2, 0.25) is 5.60 Å². The summed E-state index contributed by atoms with van der Waals surface area (Å²) >= 11 is 0. The van der Waals surface area contributed by atoms with Gasteiger partial charge in [-0.05, 0) is 44.4 Å². The van der Waals surface area contributed by atoms with Crippen LogP contribution in [0.25, 0.3) is 16.3 Å². The van der Waals surface area contributed by atoms with Crippen LogP contribution in [0, 0.1) is 17.2 Å². The largest absolute Gasteiger partial charge is 0.465 e. The fraction of sp³-hybridized carbons (Fsp3) is 0.406. The van der Waals surface area contributed by atoms with Crippen molar-refractivity contribution in [3.63, 3.8) is 0 Å². The van der Waals surface area contributed by atoms with Crippen LogP contribution in [0.1, 0.15) is 40.3 Å². The molecule has 1 aliphatic rings. The molecular formula is C32H37N6O9P. The molecule has 6 atom stereocenters. The van der Waals surface area contributed by atoms with E-state index in [1.54, 1.807) is 51.1 Å². The number of nitrogen functional groups attached to an aromatic ring is 1. The first kappa shape index (κ1) is 34.7. The molecular weight excluding hydrogens is 643 g/mol. The van der Waals surface area contributed by atoms with E-state index in [4.69, 9.17) is 29.0 Å². The van der Waals surface area contributed by atoms with Crippen LogP contribution in [-0.2, 0) is 38.5 Å². The minimum atomic E-state index is -4.49. The van der Waals surface area contributed by atoms with E-state index in [0.717, 1.165) is 5.39 Å². The van der Waals surface area contributed by atoms with Crippen molar-refractivity contribution in [2.45, 2.75) is 64.1 Å². The Bertz CT molecular complexity index is 1920. The minimum Gasteiger partial charge on any atom is -0.465 e. The molecule has 2 aromatic heterocycles. The summed E-state index contributed by atoms with van der Waals surface area (Å²) in [5.74, 6) is -1.73. The first-order valence-corrected chi connectivity index (χ1v) is 16.8. The van der Waals surface area contributed by atoms with Gasteiger partial charge in [-0.25, -0.2) is 14.1 Å². The maximum absolute atomic E-state index is 14.5. The normalized spacial score (nSPS) is 24.2. The van der Waals surface area contributed by atoms with Crippen LogP contribution in [-0.4, -0.2) is 68.7 Å². The van der Waals surface area contributed by atoms with Crippen LogP contribution >= 0.6 is 7.75 Å². The van der Waals surface area contributed by atoms with E-state index in [-0.39, 0.29) is 23.9 Å². The number of fused-ring (bicyclic) bond motifs is 2. The highest BCUT2D eigenvalue weighted by molar-refractivity contribution is 7.52. The summed E-state index contributed by atoms with van der Waals surface area (Å²) in [4.78, 5) is 29.5. The second-order valence-electron chi connectivity index (χ2n) is 11.7. The summed E-state index contributed by atoms with van der Waals surface area (Å²) in [6.07, 6.45) is -1.74. The molecule has 1 unspecified atom stereocenters. The Morgan fingerprint density at radius 3 is 2.60 bits per heavy atom. The second-order valence-corrected chi connectivity index (χ2v) is 13.4. The molecule has 0 spiro atoms. The Balaban J connectivity index is 1.54. The van der Waals surface area contributed by atoms with Crippen molar-refractivity contribution >= 4 is 41.8 Å². The summed E-state index contributed by atoms with van der Waals surface area (Å²) < 4.78 is 44.8. The van der Waals surface area contributed by atoms with Gasteiger partial charge in [-0.3, -0.25) is 14.1 Å². The molecule has 15 nitrogen and oxygen atoms in total. The Hall–Kier alpha value is -4.58. The number of carbonyl (C=O) groups is 2. The predicted molar refractivity (Wildman–Crippen MR) is 172 cm³/mol. The number of nitrogens with zero attached hydrogens (tertiary/aromatic N) is 4. The number of carbonyl (C=O) groups excluding carboxylic acids is 2. The highest BCUT2D eigenvalue weighted by Crippen LogP contribution is 2.51. The van der Waals surface area contributed by atoms with Crippen molar-refractivity contribution in [1.82, 2.24) is 19.7 Å². The molecule has 0 aliphatic carbocycles. The molecule has 4 N–H and O–H groups in total. The number of nitriles is 1. The number of hydrogen-bond acceptors (Lipinski definition) is 13. The smallest absolute Gasteiger partial charge is 0.459 e. The van der Waals surface area contributed by atoms with Crippen LogP contribution in [0.2, 0.25) is 0 Å². The molecule has 5 rings (SSSR count). The van der Waals surface area contributed by atoms with Gasteiger partial charge >= 0.3 is 19.7 Å². The number of aliphatic hydroxyl groups is 1. The third-order valence-corrected chi connectivity index (χ3v) is 9.65. The van der Waals surface area contributed by atoms with Gasteiger partial charge in [-0.2, -0.15) is 15.4 Å². The molecule has 254 valence electrons. The molecule has 1 saturated heterocycles. The first-order chi connectivity index (χ1) is 22.8. The average molecular weight is 681 g/mol. The van der Waals surface area contributed by atoms with Crippen molar-refractivity contribution in [2.75, 3.05) is 18.9 Å². The number of esters is 2. The van der Waals surface area contributed by atoms with Crippen LogP contribution in [0.5, 0.6) is 5.75 Å². The molecule has 0 amide bonds. The molecule has 48 heavy (non-hydrogen) atoms. The van der Waals surface area contributed by atoms with Gasteiger partial charge in [0, 0.05) is 5.39 Å². The quantitative estimate of drug-likeness (QED) is 0.144. The van der Waals surface area contributed by atoms with E-state index in [0.29, 0.717) is 10.9 Å². The van der Waals surface area contributed by atoms with Gasteiger partial charge in [-0.15, -0.1) is 0 Å². The molecule has 4 aromatic rings. The Labute approximate surface area is 276 Å². The molecule has 2 aromatic carbocycles. The van der Waals surface area contributed by atoms with E-state index in [2.05, 4.69) is 15.2 Å². The van der Waals surface area contributed by atoms with E-state index in [1.807, 2.05) is 24.3 Å². The maximum atomic E-state index is 14.5. The van der Waals surface area contributed by atoms with E-state index in [9.17, 15) is 24.5 Å². The maximum Gasteiger partial charge on any atom is 0.459 e. The number of ether oxygens (including phenoxy) is 3. The van der Waals surface area contributed by atoms with Gasteiger partial charge in [-0.1, -0.05) is 50.2 Å². The Kier molecular flexibility index (Phi) is 9.77. The number of nitrogens with one attached hydrogen (secondary N) is 1. The van der Waals surface area contributed by atoms with Crippen LogP contribution in [0.4, 0.5) is 5.82 Å². The van der Waals surface area contributed by atoms with Gasteiger partial charge in [0.15, 0.2) is 11.9 Å². The van der Waals surface area contributed by atoms with Crippen molar-refractivity contribution in [1.29, 1.82) is 5.26 Å². The van der Waals surface area contributed by atoms with Crippen molar-refractivity contribution in [3.05, 3.63) is 66.6 Å². The number of anilines is 1. The Morgan fingerprint density at radius 1 is 1.17 bits per heavy atom. The van der Waals surface area contributed by atoms with Gasteiger partial charge < -0.3 is 29.6 Å². The Morgan fingerprint density at radius 2 is 1.90 bits per heavy atom. The van der Waals surface area contributed by atoms with Gasteiger partial charge in [0.05, 0.1) is 24.8 Å². The molecule has 1 aliphatic heterocycles. The molecule has 0 radical (unpaired) electrons. The van der Waals surface area contributed by atoms with Crippen LogP contribution in [0.3, 0.4) is 0 Å². The summed E-state index contributed by atoms with van der Waals surface area (Å²) in [6.45, 7) is 6.98. The molecule has 1 fully saturated rings. The SMILES string of the molecule is CCOC(=O)[C@H](C)NP(=O)(OC[C@H]1O[C@@](C#N)(c2ccc3c(N)ncnn23)[C@](C)(O)[C@@H]1OC(=O)C(C)C)Oc1cccc2ccccc12. The highest BCUT2D eigenvalue weighted by atomic mass is 31.2. The predicted octanol–water partition coefficient (Wildman–Crippen LogP) is 3.65. The number of hydrogen-bond donors (Lipinski definition) is 3. The molecule has 3 heterocycles. The van der Waals surface area contributed by atoms with Crippen LogP contribution in [0.15, 0.2) is 60.9 Å². The lowest BCUT2D eigenvalue weighted by atomic mass is 9.80. The van der Waals surface area contributed by atoms with Crippen molar-refractivity contribution < 1.29 is 42.5 Å². The average Bonchev–Trinajstić information content (AvgIpc) is 3.58. The van der Waals surface area contributed by atoms with Gasteiger partial charge in [0.1, 0.15) is 41.4 Å². The van der Waals surface area contributed by atoms with E-state index < -0.39 is 61.7 Å². The van der Waals surface area contributed by atoms with Crippen molar-refractivity contribution in [3.8, 4) is 11.8 Å². The summed E-state index contributed by atoms with van der Waals surface area (Å²) in [7, 11) is -4.49. The lowest BCUT2D eigenvalue weighted by Gasteiger charge is -2.34. The van der Waals surface area contributed by atoms with Gasteiger partial charge in [0.25, 0.3) is 0 Å². The van der Waals surface area contributed by atoms with E-state index in [1.165, 1.54) is 30.8 Å². The zero-order valence-electron chi connectivity index (χ0n) is 27.0. The third kappa shape index (κ3) is 6.33. The second kappa shape index (κ2) is 13.5. The third-order valence-electron chi connectivity index (χ3n) is 8.02. The summed E-state index contributed by atoms with van der Waals surface area (Å²) in [5, 5.41) is 30.9. The lowest BCUT2D eigenvalue weighted by Crippen LogP contribution is -2.54. The van der Waals surface area contributed by atoms with E-state index >= 15 is 0 Å². The monoisotopic (exact) mass is 680 g/mol. The fourth-order valence-corrected chi connectivity index (χ4v) is 7.02. The lowest BCUT2D eigenvalue weighted by molar-refractivity contribution is -0.168. The summed E-state index contributed by atoms with van der Waals surface area (Å²) in [5.41, 5.74) is 1.99. The molecule has 16 heteroatoms. The number of aromatic nitrogens is 3. The summed E-state index contributed by atoms with van der Waals surface area (Å²) in [6, 6.07) is 16.3. The molecule has 0 bridgehead atoms. The minimum absolute atomic E-state index is 0.0662.